The van der Waals surface area contributed by atoms with Crippen molar-refractivity contribution in [2.24, 2.45) is 5.73 Å². The van der Waals surface area contributed by atoms with Crippen LogP contribution in [-0.2, 0) is 19.6 Å². The van der Waals surface area contributed by atoms with Crippen molar-refractivity contribution in [2.45, 2.75) is 19.6 Å². The maximum absolute atomic E-state index is 11.9. The van der Waals surface area contributed by atoms with Crippen molar-refractivity contribution in [3.63, 3.8) is 0 Å². The zero-order valence-corrected chi connectivity index (χ0v) is 20.5. The highest BCUT2D eigenvalue weighted by atomic mass is 79.9. The van der Waals surface area contributed by atoms with Gasteiger partial charge in [-0.2, -0.15) is 0 Å². The number of primary amides is 1. The van der Waals surface area contributed by atoms with E-state index in [4.69, 9.17) is 31.3 Å². The number of carbonyl (C=O) groups is 1. The van der Waals surface area contributed by atoms with Crippen LogP contribution in [0.2, 0.25) is 5.02 Å². The molecule has 0 radical (unpaired) electrons. The lowest BCUT2D eigenvalue weighted by Gasteiger charge is -2.15. The zero-order chi connectivity index (χ0) is 23.9. The molecule has 0 atom stereocenters. The molecule has 3 aromatic carbocycles. The Morgan fingerprint density at radius 1 is 0.941 bits per heavy atom. The first-order valence-corrected chi connectivity index (χ1v) is 12.1. The number of benzene rings is 3. The molecule has 1 amide bonds. The number of alkyl halides is 1. The van der Waals surface area contributed by atoms with E-state index in [9.17, 15) is 4.79 Å². The van der Waals surface area contributed by atoms with Crippen LogP contribution in [-0.4, -0.2) is 16.4 Å². The second-order valence-corrected chi connectivity index (χ2v) is 8.67. The van der Waals surface area contributed by atoms with Crippen molar-refractivity contribution in [1.29, 1.82) is 0 Å². The quantitative estimate of drug-likeness (QED) is 0.242. The summed E-state index contributed by atoms with van der Waals surface area (Å²) in [6.07, 6.45) is 0.485. The van der Waals surface area contributed by atoms with Gasteiger partial charge in [0.05, 0.1) is 10.6 Å². The molecule has 0 spiro atoms. The van der Waals surface area contributed by atoms with E-state index in [1.807, 2.05) is 60.7 Å². The summed E-state index contributed by atoms with van der Waals surface area (Å²) in [5.74, 6) is 0.674. The standard InChI is InChI=1S/C26H22BrClN2O4/c27-12-11-19-24(26(29)31)30-34-25(19)20-13-21(28)23(33-16-18-9-5-2-6-10-18)14-22(20)32-15-17-7-3-1-4-8-17/h1-10,13-14H,11-12,15-16H2,(H2,29,31). The first-order valence-electron chi connectivity index (χ1n) is 10.6. The summed E-state index contributed by atoms with van der Waals surface area (Å²) in [6.45, 7) is 0.666. The van der Waals surface area contributed by atoms with Crippen molar-refractivity contribution >= 4 is 33.4 Å². The minimum atomic E-state index is -0.661. The number of nitrogens with zero attached hydrogens (tertiary/aromatic N) is 1. The molecule has 8 heteroatoms. The van der Waals surface area contributed by atoms with Gasteiger partial charge >= 0.3 is 0 Å². The highest BCUT2D eigenvalue weighted by Gasteiger charge is 2.25. The van der Waals surface area contributed by atoms with Gasteiger partial charge in [0.25, 0.3) is 5.91 Å². The Balaban J connectivity index is 1.72. The summed E-state index contributed by atoms with van der Waals surface area (Å²) < 4.78 is 17.7. The van der Waals surface area contributed by atoms with E-state index in [0.717, 1.165) is 11.1 Å². The molecule has 6 nitrogen and oxygen atoms in total. The molecule has 0 saturated heterocycles. The molecule has 0 bridgehead atoms. The van der Waals surface area contributed by atoms with E-state index in [2.05, 4.69) is 21.1 Å². The Kier molecular flexibility index (Phi) is 7.87. The smallest absolute Gasteiger partial charge is 0.271 e. The third-order valence-electron chi connectivity index (χ3n) is 5.12. The molecule has 4 aromatic rings. The molecule has 0 unspecified atom stereocenters. The summed E-state index contributed by atoms with van der Waals surface area (Å²) in [4.78, 5) is 11.9. The normalized spacial score (nSPS) is 10.8. The fraction of sp³-hybridized carbons (Fsp3) is 0.154. The van der Waals surface area contributed by atoms with Crippen LogP contribution in [0.4, 0.5) is 0 Å². The number of halogens is 2. The maximum Gasteiger partial charge on any atom is 0.271 e. The number of amides is 1. The average Bonchev–Trinajstić information content (AvgIpc) is 3.27. The van der Waals surface area contributed by atoms with Gasteiger partial charge in [-0.25, -0.2) is 0 Å². The van der Waals surface area contributed by atoms with E-state index in [-0.39, 0.29) is 5.69 Å². The molecule has 1 aromatic heterocycles. The summed E-state index contributed by atoms with van der Waals surface area (Å²) >= 11 is 10.0. The molecule has 174 valence electrons. The Bertz CT molecular complexity index is 1260. The van der Waals surface area contributed by atoms with Gasteiger partial charge in [-0.05, 0) is 23.6 Å². The van der Waals surface area contributed by atoms with E-state index >= 15 is 0 Å². The molecule has 2 N–H and O–H groups in total. The maximum atomic E-state index is 11.9. The monoisotopic (exact) mass is 540 g/mol. The zero-order valence-electron chi connectivity index (χ0n) is 18.2. The number of ether oxygens (including phenoxy) is 2. The number of nitrogens with two attached hydrogens (primary N) is 1. The Hall–Kier alpha value is -3.29. The second kappa shape index (κ2) is 11.2. The fourth-order valence-electron chi connectivity index (χ4n) is 3.45. The van der Waals surface area contributed by atoms with Gasteiger partial charge in [0.2, 0.25) is 0 Å². The van der Waals surface area contributed by atoms with Crippen molar-refractivity contribution in [2.75, 3.05) is 5.33 Å². The minimum Gasteiger partial charge on any atom is -0.488 e. The molecule has 0 aliphatic heterocycles. The molecule has 34 heavy (non-hydrogen) atoms. The van der Waals surface area contributed by atoms with Crippen LogP contribution in [0.3, 0.4) is 0 Å². The number of aromatic nitrogens is 1. The molecule has 0 fully saturated rings. The van der Waals surface area contributed by atoms with Crippen molar-refractivity contribution in [1.82, 2.24) is 5.16 Å². The van der Waals surface area contributed by atoms with E-state index in [0.29, 0.717) is 58.4 Å². The minimum absolute atomic E-state index is 0.0870. The lowest BCUT2D eigenvalue weighted by atomic mass is 10.0. The third-order valence-corrected chi connectivity index (χ3v) is 5.81. The molecule has 0 aliphatic carbocycles. The first-order chi connectivity index (χ1) is 16.6. The Labute approximate surface area is 210 Å². The molecule has 0 saturated carbocycles. The number of rotatable bonds is 10. The second-order valence-electron chi connectivity index (χ2n) is 7.47. The SMILES string of the molecule is NC(=O)c1noc(-c2cc(Cl)c(OCc3ccccc3)cc2OCc2ccccc2)c1CCBr. The van der Waals surface area contributed by atoms with Crippen molar-refractivity contribution < 1.29 is 18.8 Å². The topological polar surface area (TPSA) is 87.6 Å². The Morgan fingerprint density at radius 2 is 1.53 bits per heavy atom. The van der Waals surface area contributed by atoms with Gasteiger partial charge in [-0.1, -0.05) is 93.4 Å². The predicted molar refractivity (Wildman–Crippen MR) is 135 cm³/mol. The molecular formula is C26H22BrClN2O4. The lowest BCUT2D eigenvalue weighted by molar-refractivity contribution is 0.0991. The summed E-state index contributed by atoms with van der Waals surface area (Å²) in [5, 5.41) is 4.86. The van der Waals surface area contributed by atoms with Crippen LogP contribution in [0.25, 0.3) is 11.3 Å². The van der Waals surface area contributed by atoms with Crippen LogP contribution in [0.5, 0.6) is 11.5 Å². The highest BCUT2D eigenvalue weighted by Crippen LogP contribution is 2.41. The van der Waals surface area contributed by atoms with E-state index < -0.39 is 5.91 Å². The summed E-state index contributed by atoms with van der Waals surface area (Å²) in [6, 6.07) is 23.0. The van der Waals surface area contributed by atoms with Crippen molar-refractivity contribution in [3.05, 3.63) is 100 Å². The van der Waals surface area contributed by atoms with Gasteiger partial charge in [0.15, 0.2) is 11.5 Å². The van der Waals surface area contributed by atoms with Crippen LogP contribution < -0.4 is 15.2 Å². The van der Waals surface area contributed by atoms with Gasteiger partial charge in [0.1, 0.15) is 24.7 Å². The predicted octanol–water partition coefficient (Wildman–Crippen LogP) is 6.19. The van der Waals surface area contributed by atoms with E-state index in [1.165, 1.54) is 0 Å². The van der Waals surface area contributed by atoms with Crippen LogP contribution in [0, 0.1) is 0 Å². The fourth-order valence-corrected chi connectivity index (χ4v) is 4.07. The number of carbonyl (C=O) groups excluding carboxylic acids is 1. The third kappa shape index (κ3) is 5.61. The molecule has 0 aliphatic rings. The average molecular weight is 542 g/mol. The van der Waals surface area contributed by atoms with Gasteiger partial charge < -0.3 is 19.7 Å². The summed E-state index contributed by atoms with van der Waals surface area (Å²) in [7, 11) is 0. The first kappa shape index (κ1) is 23.9. The van der Waals surface area contributed by atoms with Gasteiger partial charge in [0, 0.05) is 17.0 Å². The summed E-state index contributed by atoms with van der Waals surface area (Å²) in [5.41, 5.74) is 8.74. The van der Waals surface area contributed by atoms with Gasteiger partial charge in [-0.15, -0.1) is 0 Å². The van der Waals surface area contributed by atoms with Crippen LogP contribution >= 0.6 is 27.5 Å². The highest BCUT2D eigenvalue weighted by molar-refractivity contribution is 9.09. The number of hydrogen-bond donors (Lipinski definition) is 1. The largest absolute Gasteiger partial charge is 0.488 e. The lowest BCUT2D eigenvalue weighted by Crippen LogP contribution is -2.14. The van der Waals surface area contributed by atoms with Crippen LogP contribution in [0.1, 0.15) is 27.2 Å². The van der Waals surface area contributed by atoms with Crippen molar-refractivity contribution in [3.8, 4) is 22.8 Å². The number of hydrogen-bond acceptors (Lipinski definition) is 5. The molecule has 1 heterocycles. The van der Waals surface area contributed by atoms with Gasteiger partial charge in [-0.3, -0.25) is 4.79 Å². The molecular weight excluding hydrogens is 520 g/mol. The van der Waals surface area contributed by atoms with E-state index in [1.54, 1.807) is 12.1 Å². The molecule has 4 rings (SSSR count). The Morgan fingerprint density at radius 3 is 2.09 bits per heavy atom. The van der Waals surface area contributed by atoms with Crippen LogP contribution in [0.15, 0.2) is 77.3 Å².